The number of carbonyl (C=O) groups is 1. The largest absolute Gasteiger partial charge is 0.444 e. The third-order valence-electron chi connectivity index (χ3n) is 2.16. The van der Waals surface area contributed by atoms with Crippen molar-refractivity contribution in [3.8, 4) is 0 Å². The van der Waals surface area contributed by atoms with Crippen LogP contribution in [-0.4, -0.2) is 29.7 Å². The summed E-state index contributed by atoms with van der Waals surface area (Å²) in [7, 11) is 1.79. The highest BCUT2D eigenvalue weighted by Crippen LogP contribution is 2.14. The molecule has 0 aliphatic rings. The number of hydrogen-bond acceptors (Lipinski definition) is 2. The summed E-state index contributed by atoms with van der Waals surface area (Å²) in [6, 6.07) is 0.222. The molecular formula is C12H25NO2. The number of hydrogen-bond donors (Lipinski definition) is 0. The van der Waals surface area contributed by atoms with Gasteiger partial charge < -0.3 is 9.64 Å². The zero-order valence-corrected chi connectivity index (χ0v) is 11.1. The van der Waals surface area contributed by atoms with Crippen LogP contribution in [0.3, 0.4) is 0 Å². The quantitative estimate of drug-likeness (QED) is 0.723. The van der Waals surface area contributed by atoms with Gasteiger partial charge in [0.25, 0.3) is 0 Å². The van der Waals surface area contributed by atoms with E-state index in [9.17, 15) is 4.79 Å². The molecule has 0 aliphatic carbocycles. The lowest BCUT2D eigenvalue weighted by Gasteiger charge is -2.29. The van der Waals surface area contributed by atoms with E-state index in [0.29, 0.717) is 5.92 Å². The number of amides is 1. The van der Waals surface area contributed by atoms with E-state index in [1.165, 1.54) is 0 Å². The van der Waals surface area contributed by atoms with Crippen LogP contribution in [0.25, 0.3) is 0 Å². The first kappa shape index (κ1) is 14.3. The van der Waals surface area contributed by atoms with Crippen LogP contribution < -0.4 is 0 Å². The molecule has 0 aliphatic heterocycles. The van der Waals surface area contributed by atoms with Gasteiger partial charge in [-0.15, -0.1) is 0 Å². The minimum atomic E-state index is -0.414. The molecule has 0 fully saturated rings. The van der Waals surface area contributed by atoms with Gasteiger partial charge in [-0.25, -0.2) is 4.79 Å². The fourth-order valence-corrected chi connectivity index (χ4v) is 1.35. The second kappa shape index (κ2) is 5.38. The first-order valence-electron chi connectivity index (χ1n) is 5.59. The van der Waals surface area contributed by atoms with Crippen LogP contribution in [-0.2, 0) is 4.74 Å². The lowest BCUT2D eigenvalue weighted by atomic mass is 10.0. The monoisotopic (exact) mass is 215 g/mol. The number of nitrogens with zero attached hydrogens (tertiary/aromatic N) is 1. The lowest BCUT2D eigenvalue weighted by molar-refractivity contribution is 0.0221. The van der Waals surface area contributed by atoms with E-state index in [2.05, 4.69) is 13.8 Å². The molecule has 0 N–H and O–H groups in total. The highest BCUT2D eigenvalue weighted by atomic mass is 16.6. The molecule has 15 heavy (non-hydrogen) atoms. The van der Waals surface area contributed by atoms with Gasteiger partial charge in [0, 0.05) is 13.1 Å². The van der Waals surface area contributed by atoms with Crippen molar-refractivity contribution in [3.63, 3.8) is 0 Å². The molecule has 0 saturated heterocycles. The van der Waals surface area contributed by atoms with E-state index in [1.807, 2.05) is 27.7 Å². The zero-order valence-electron chi connectivity index (χ0n) is 11.1. The normalized spacial score (nSPS) is 13.9. The van der Waals surface area contributed by atoms with Crippen molar-refractivity contribution in [3.05, 3.63) is 0 Å². The van der Waals surface area contributed by atoms with Gasteiger partial charge in [0.05, 0.1) is 0 Å². The van der Waals surface area contributed by atoms with Gasteiger partial charge in [0.2, 0.25) is 0 Å². The molecule has 3 nitrogen and oxygen atoms in total. The van der Waals surface area contributed by atoms with E-state index in [4.69, 9.17) is 4.74 Å². The second-order valence-corrected chi connectivity index (χ2v) is 5.57. The molecule has 0 heterocycles. The lowest BCUT2D eigenvalue weighted by Crippen LogP contribution is -2.39. The fourth-order valence-electron chi connectivity index (χ4n) is 1.35. The molecule has 1 amide bonds. The van der Waals surface area contributed by atoms with Gasteiger partial charge in [-0.05, 0) is 40.0 Å². The number of carbonyl (C=O) groups excluding carboxylic acids is 1. The predicted octanol–water partition coefficient (Wildman–Crippen LogP) is 3.29. The van der Waals surface area contributed by atoms with Gasteiger partial charge in [-0.2, -0.15) is 0 Å². The maximum Gasteiger partial charge on any atom is 0.410 e. The van der Waals surface area contributed by atoms with Crippen molar-refractivity contribution in [1.29, 1.82) is 0 Å². The molecule has 0 bridgehead atoms. The van der Waals surface area contributed by atoms with E-state index in [0.717, 1.165) is 6.42 Å². The third-order valence-corrected chi connectivity index (χ3v) is 2.16. The second-order valence-electron chi connectivity index (χ2n) is 5.57. The Hall–Kier alpha value is -0.730. The number of ether oxygens (including phenoxy) is 1. The van der Waals surface area contributed by atoms with Crippen molar-refractivity contribution >= 4 is 6.09 Å². The molecule has 0 aromatic heterocycles. The van der Waals surface area contributed by atoms with Crippen LogP contribution in [0.1, 0.15) is 48.0 Å². The Morgan fingerprint density at radius 2 is 1.73 bits per heavy atom. The molecule has 90 valence electrons. The molecule has 0 aromatic carbocycles. The topological polar surface area (TPSA) is 29.5 Å². The minimum Gasteiger partial charge on any atom is -0.444 e. The van der Waals surface area contributed by atoms with E-state index in [-0.39, 0.29) is 12.1 Å². The average Bonchev–Trinajstić information content (AvgIpc) is 1.98. The van der Waals surface area contributed by atoms with Gasteiger partial charge in [-0.1, -0.05) is 13.8 Å². The molecule has 0 radical (unpaired) electrons. The predicted molar refractivity (Wildman–Crippen MR) is 62.9 cm³/mol. The van der Waals surface area contributed by atoms with Crippen LogP contribution in [0.2, 0.25) is 0 Å². The Kier molecular flexibility index (Phi) is 5.12. The summed E-state index contributed by atoms with van der Waals surface area (Å²) in [5.74, 6) is 0.588. The summed E-state index contributed by atoms with van der Waals surface area (Å²) in [5, 5.41) is 0. The van der Waals surface area contributed by atoms with Crippen LogP contribution in [0.4, 0.5) is 4.79 Å². The molecule has 0 spiro atoms. The summed E-state index contributed by atoms with van der Waals surface area (Å²) in [6.07, 6.45) is 0.756. The summed E-state index contributed by atoms with van der Waals surface area (Å²) in [5.41, 5.74) is -0.414. The molecule has 0 aromatic rings. The van der Waals surface area contributed by atoms with Gasteiger partial charge in [0.1, 0.15) is 5.60 Å². The fraction of sp³-hybridized carbons (Fsp3) is 0.917. The first-order chi connectivity index (χ1) is 6.63. The van der Waals surface area contributed by atoms with E-state index >= 15 is 0 Å². The Morgan fingerprint density at radius 1 is 1.27 bits per heavy atom. The first-order valence-corrected chi connectivity index (χ1v) is 5.59. The van der Waals surface area contributed by atoms with E-state index < -0.39 is 5.60 Å². The summed E-state index contributed by atoms with van der Waals surface area (Å²) in [6.45, 7) is 12.0. The average molecular weight is 215 g/mol. The van der Waals surface area contributed by atoms with E-state index in [1.54, 1.807) is 11.9 Å². The molecular weight excluding hydrogens is 190 g/mol. The Labute approximate surface area is 93.8 Å². The zero-order chi connectivity index (χ0) is 12.2. The SMILES string of the molecule is CC(C)C[C@H](C)N(C)C(=O)OC(C)(C)C. The third kappa shape index (κ3) is 6.37. The van der Waals surface area contributed by atoms with Crippen LogP contribution in [0.15, 0.2) is 0 Å². The Balaban J connectivity index is 4.20. The maximum absolute atomic E-state index is 11.7. The molecule has 0 rings (SSSR count). The standard InChI is InChI=1S/C12H25NO2/c1-9(2)8-10(3)13(7)11(14)15-12(4,5)6/h9-10H,8H2,1-7H3/t10-/m0/s1. The molecule has 3 heteroatoms. The van der Waals surface area contributed by atoms with Crippen molar-refractivity contribution in [2.24, 2.45) is 5.92 Å². The molecule has 0 unspecified atom stereocenters. The summed E-state index contributed by atoms with van der Waals surface area (Å²) < 4.78 is 5.29. The Morgan fingerprint density at radius 3 is 2.07 bits per heavy atom. The van der Waals surface area contributed by atoms with Gasteiger partial charge in [0.15, 0.2) is 0 Å². The van der Waals surface area contributed by atoms with Crippen LogP contribution >= 0.6 is 0 Å². The highest BCUT2D eigenvalue weighted by molar-refractivity contribution is 5.68. The van der Waals surface area contributed by atoms with Crippen molar-refractivity contribution < 1.29 is 9.53 Å². The van der Waals surface area contributed by atoms with Gasteiger partial charge >= 0.3 is 6.09 Å². The summed E-state index contributed by atoms with van der Waals surface area (Å²) >= 11 is 0. The van der Waals surface area contributed by atoms with Gasteiger partial charge in [-0.3, -0.25) is 0 Å². The van der Waals surface area contributed by atoms with Crippen LogP contribution in [0.5, 0.6) is 0 Å². The molecule has 0 saturated carbocycles. The molecule has 1 atom stereocenters. The van der Waals surface area contributed by atoms with Crippen LogP contribution in [0, 0.1) is 5.92 Å². The summed E-state index contributed by atoms with van der Waals surface area (Å²) in [4.78, 5) is 13.4. The smallest absolute Gasteiger partial charge is 0.410 e. The minimum absolute atomic E-state index is 0.222. The Bertz CT molecular complexity index is 206. The van der Waals surface area contributed by atoms with Crippen molar-refractivity contribution in [1.82, 2.24) is 4.90 Å². The maximum atomic E-state index is 11.7. The van der Waals surface area contributed by atoms with Crippen molar-refractivity contribution in [2.45, 2.75) is 59.6 Å². The highest BCUT2D eigenvalue weighted by Gasteiger charge is 2.23. The van der Waals surface area contributed by atoms with Crippen molar-refractivity contribution in [2.75, 3.05) is 7.05 Å². The number of rotatable bonds is 3.